The van der Waals surface area contributed by atoms with Crippen LogP contribution in [0.3, 0.4) is 0 Å². The lowest BCUT2D eigenvalue weighted by atomic mass is 10.1. The minimum absolute atomic E-state index is 0.230. The first-order valence-electron chi connectivity index (χ1n) is 8.59. The highest BCUT2D eigenvalue weighted by atomic mass is 32.1. The molecule has 0 N–H and O–H groups in total. The van der Waals surface area contributed by atoms with Crippen molar-refractivity contribution in [3.8, 4) is 10.7 Å². The molecule has 0 bridgehead atoms. The molecule has 0 radical (unpaired) electrons. The zero-order valence-electron chi connectivity index (χ0n) is 13.5. The largest absolute Gasteiger partial charge is 0.374 e. The van der Waals surface area contributed by atoms with Gasteiger partial charge in [-0.15, -0.1) is 11.3 Å². The van der Waals surface area contributed by atoms with Gasteiger partial charge < -0.3 is 14.2 Å². The van der Waals surface area contributed by atoms with Gasteiger partial charge in [-0.1, -0.05) is 11.2 Å². The highest BCUT2D eigenvalue weighted by molar-refractivity contribution is 7.13. The average Bonchev–Trinajstić information content (AvgIpc) is 3.34. The third kappa shape index (κ3) is 3.23. The molecule has 6 nitrogen and oxygen atoms in total. The predicted molar refractivity (Wildman–Crippen MR) is 89.6 cm³/mol. The quantitative estimate of drug-likeness (QED) is 0.832. The predicted octanol–water partition coefficient (Wildman–Crippen LogP) is 2.90. The Morgan fingerprint density at radius 3 is 3.25 bits per heavy atom. The molecule has 24 heavy (non-hydrogen) atoms. The molecule has 2 unspecified atom stereocenters. The van der Waals surface area contributed by atoms with Crippen LogP contribution >= 0.6 is 11.3 Å². The van der Waals surface area contributed by atoms with E-state index in [0.29, 0.717) is 37.2 Å². The minimum Gasteiger partial charge on any atom is -0.374 e. The summed E-state index contributed by atoms with van der Waals surface area (Å²) in [5.74, 6) is 1.47. The average molecular weight is 347 g/mol. The molecular formula is C17H21N3O3S. The summed E-state index contributed by atoms with van der Waals surface area (Å²) in [7, 11) is 0. The molecular weight excluding hydrogens is 326 g/mol. The summed E-state index contributed by atoms with van der Waals surface area (Å²) in [5, 5.41) is 5.99. The van der Waals surface area contributed by atoms with Gasteiger partial charge in [0.15, 0.2) is 0 Å². The highest BCUT2D eigenvalue weighted by Crippen LogP contribution is 2.30. The third-order valence-corrected chi connectivity index (χ3v) is 5.66. The van der Waals surface area contributed by atoms with Gasteiger partial charge in [-0.25, -0.2) is 0 Å². The maximum atomic E-state index is 12.5. The summed E-state index contributed by atoms with van der Waals surface area (Å²) in [6.45, 7) is 1.39. The number of nitrogens with zero attached hydrogens (tertiary/aromatic N) is 3. The van der Waals surface area contributed by atoms with Gasteiger partial charge in [-0.3, -0.25) is 4.79 Å². The van der Waals surface area contributed by atoms with Gasteiger partial charge in [0.25, 0.3) is 0 Å². The van der Waals surface area contributed by atoms with Crippen molar-refractivity contribution in [2.45, 2.75) is 50.7 Å². The Morgan fingerprint density at radius 1 is 1.42 bits per heavy atom. The number of ether oxygens (including phenoxy) is 1. The van der Waals surface area contributed by atoms with E-state index in [0.717, 1.165) is 37.1 Å². The van der Waals surface area contributed by atoms with Crippen molar-refractivity contribution in [2.24, 2.45) is 0 Å². The van der Waals surface area contributed by atoms with E-state index in [-0.39, 0.29) is 12.0 Å². The van der Waals surface area contributed by atoms with Crippen LogP contribution in [0.15, 0.2) is 22.0 Å². The summed E-state index contributed by atoms with van der Waals surface area (Å²) in [5.41, 5.74) is 0. The van der Waals surface area contributed by atoms with E-state index < -0.39 is 0 Å². The van der Waals surface area contributed by atoms with E-state index in [1.807, 2.05) is 22.4 Å². The number of carbonyl (C=O) groups is 1. The maximum absolute atomic E-state index is 12.5. The van der Waals surface area contributed by atoms with Crippen LogP contribution in [0.4, 0.5) is 0 Å². The SMILES string of the molecule is O=C(CCCc1nc(-c2cccs2)no1)N1CCOC2CCCC21. The lowest BCUT2D eigenvalue weighted by Gasteiger charge is -2.37. The summed E-state index contributed by atoms with van der Waals surface area (Å²) in [4.78, 5) is 20.0. The van der Waals surface area contributed by atoms with Gasteiger partial charge in [0, 0.05) is 19.4 Å². The Balaban J connectivity index is 1.28. The molecule has 7 heteroatoms. The molecule has 2 aromatic heterocycles. The number of morpholine rings is 1. The van der Waals surface area contributed by atoms with Gasteiger partial charge in [0.1, 0.15) is 0 Å². The number of aromatic nitrogens is 2. The van der Waals surface area contributed by atoms with Gasteiger partial charge in [-0.2, -0.15) is 4.98 Å². The van der Waals surface area contributed by atoms with Crippen LogP contribution in [0.5, 0.6) is 0 Å². The molecule has 1 aliphatic carbocycles. The van der Waals surface area contributed by atoms with Crippen molar-refractivity contribution in [3.63, 3.8) is 0 Å². The van der Waals surface area contributed by atoms with Gasteiger partial charge in [0.2, 0.25) is 17.6 Å². The Morgan fingerprint density at radius 2 is 2.38 bits per heavy atom. The minimum atomic E-state index is 0.230. The van der Waals surface area contributed by atoms with Crippen molar-refractivity contribution < 1.29 is 14.1 Å². The zero-order valence-corrected chi connectivity index (χ0v) is 14.3. The van der Waals surface area contributed by atoms with Crippen molar-refractivity contribution in [2.75, 3.05) is 13.2 Å². The normalized spacial score (nSPS) is 23.4. The first kappa shape index (κ1) is 15.8. The van der Waals surface area contributed by atoms with Crippen molar-refractivity contribution in [1.82, 2.24) is 15.0 Å². The second-order valence-electron chi connectivity index (χ2n) is 6.34. The second-order valence-corrected chi connectivity index (χ2v) is 7.28. The summed E-state index contributed by atoms with van der Waals surface area (Å²) in [6, 6.07) is 4.23. The van der Waals surface area contributed by atoms with E-state index in [9.17, 15) is 4.79 Å². The summed E-state index contributed by atoms with van der Waals surface area (Å²) >= 11 is 1.59. The molecule has 2 aliphatic rings. The van der Waals surface area contributed by atoms with E-state index in [1.165, 1.54) is 0 Å². The topological polar surface area (TPSA) is 68.5 Å². The van der Waals surface area contributed by atoms with Crippen LogP contribution < -0.4 is 0 Å². The number of carbonyl (C=O) groups excluding carboxylic acids is 1. The number of amides is 1. The van der Waals surface area contributed by atoms with Crippen molar-refractivity contribution in [3.05, 3.63) is 23.4 Å². The lowest BCUT2D eigenvalue weighted by Crippen LogP contribution is -2.51. The van der Waals surface area contributed by atoms with Crippen LogP contribution in [0, 0.1) is 0 Å². The van der Waals surface area contributed by atoms with E-state index in [2.05, 4.69) is 10.1 Å². The fourth-order valence-corrected chi connectivity index (χ4v) is 4.28. The molecule has 1 amide bonds. The van der Waals surface area contributed by atoms with Crippen LogP contribution in [-0.2, 0) is 16.0 Å². The number of hydrogen-bond acceptors (Lipinski definition) is 6. The molecule has 4 rings (SSSR count). The Kier molecular flexibility index (Phi) is 4.62. The number of hydrogen-bond donors (Lipinski definition) is 0. The highest BCUT2D eigenvalue weighted by Gasteiger charge is 2.37. The smallest absolute Gasteiger partial charge is 0.226 e. The molecule has 0 spiro atoms. The van der Waals surface area contributed by atoms with Crippen molar-refractivity contribution in [1.29, 1.82) is 0 Å². The van der Waals surface area contributed by atoms with E-state index >= 15 is 0 Å². The Bertz CT molecular complexity index is 685. The fraction of sp³-hybridized carbons (Fsp3) is 0.588. The fourth-order valence-electron chi connectivity index (χ4n) is 3.63. The summed E-state index contributed by atoms with van der Waals surface area (Å²) < 4.78 is 11.1. The number of aryl methyl sites for hydroxylation is 1. The second kappa shape index (κ2) is 7.03. The molecule has 3 heterocycles. The molecule has 2 atom stereocenters. The first-order chi connectivity index (χ1) is 11.8. The Labute approximate surface area is 144 Å². The molecule has 1 saturated heterocycles. The molecule has 2 aromatic rings. The maximum Gasteiger partial charge on any atom is 0.226 e. The molecule has 2 fully saturated rings. The summed E-state index contributed by atoms with van der Waals surface area (Å²) in [6.07, 6.45) is 5.48. The van der Waals surface area contributed by atoms with Crippen LogP contribution in [-0.4, -0.2) is 46.2 Å². The van der Waals surface area contributed by atoms with Crippen LogP contribution in [0.2, 0.25) is 0 Å². The number of thiophene rings is 1. The molecule has 128 valence electrons. The van der Waals surface area contributed by atoms with Crippen LogP contribution in [0.1, 0.15) is 38.0 Å². The third-order valence-electron chi connectivity index (χ3n) is 4.79. The van der Waals surface area contributed by atoms with Crippen molar-refractivity contribution >= 4 is 17.2 Å². The Hall–Kier alpha value is -1.73. The van der Waals surface area contributed by atoms with Gasteiger partial charge in [0.05, 0.1) is 23.6 Å². The molecule has 0 aromatic carbocycles. The van der Waals surface area contributed by atoms with E-state index in [4.69, 9.17) is 9.26 Å². The number of rotatable bonds is 5. The van der Waals surface area contributed by atoms with E-state index in [1.54, 1.807) is 11.3 Å². The standard InChI is InChI=1S/C17H21N3O3S/c21-16(20-9-10-22-13-5-1-4-12(13)20)8-2-7-15-18-17(19-23-15)14-6-3-11-24-14/h3,6,11-13H,1-2,4-5,7-10H2. The van der Waals surface area contributed by atoms with Crippen LogP contribution in [0.25, 0.3) is 10.7 Å². The number of fused-ring (bicyclic) bond motifs is 1. The zero-order chi connectivity index (χ0) is 16.4. The first-order valence-corrected chi connectivity index (χ1v) is 9.47. The van der Waals surface area contributed by atoms with Gasteiger partial charge >= 0.3 is 0 Å². The molecule has 1 aliphatic heterocycles. The molecule has 1 saturated carbocycles. The van der Waals surface area contributed by atoms with Gasteiger partial charge in [-0.05, 0) is 37.1 Å². The lowest BCUT2D eigenvalue weighted by molar-refractivity contribution is -0.144. The monoisotopic (exact) mass is 347 g/mol.